The monoisotopic (exact) mass is 264 g/mol. The summed E-state index contributed by atoms with van der Waals surface area (Å²) in [7, 11) is 1.44. The highest BCUT2D eigenvalue weighted by Gasteiger charge is 2.21. The highest BCUT2D eigenvalue weighted by Crippen LogP contribution is 2.27. The lowest BCUT2D eigenvalue weighted by atomic mass is 9.93. The van der Waals surface area contributed by atoms with Gasteiger partial charge in [-0.15, -0.1) is 0 Å². The van der Waals surface area contributed by atoms with Crippen LogP contribution < -0.4 is 4.74 Å². The Bertz CT molecular complexity index is 399. The Morgan fingerprint density at radius 1 is 1.32 bits per heavy atom. The third kappa shape index (κ3) is 4.93. The van der Waals surface area contributed by atoms with Gasteiger partial charge >= 0.3 is 5.97 Å². The van der Waals surface area contributed by atoms with E-state index in [0.717, 1.165) is 30.6 Å². The molecular weight excluding hydrogens is 240 g/mol. The second-order valence-electron chi connectivity index (χ2n) is 4.96. The Labute approximate surface area is 115 Å². The van der Waals surface area contributed by atoms with Crippen molar-refractivity contribution in [2.45, 2.75) is 52.1 Å². The molecule has 0 aromatic heterocycles. The summed E-state index contributed by atoms with van der Waals surface area (Å²) in [5, 5.41) is 0. The van der Waals surface area contributed by atoms with Crippen molar-refractivity contribution in [3.63, 3.8) is 0 Å². The first-order chi connectivity index (χ1) is 9.08. The Morgan fingerprint density at radius 2 is 2.05 bits per heavy atom. The number of rotatable bonds is 7. The first kappa shape index (κ1) is 15.5. The van der Waals surface area contributed by atoms with Gasteiger partial charge in [0.25, 0.3) is 0 Å². The molecule has 0 saturated carbocycles. The maximum absolute atomic E-state index is 11.9. The fourth-order valence-electron chi connectivity index (χ4n) is 2.05. The van der Waals surface area contributed by atoms with Gasteiger partial charge in [0.2, 0.25) is 0 Å². The van der Waals surface area contributed by atoms with Gasteiger partial charge in [0, 0.05) is 0 Å². The van der Waals surface area contributed by atoms with Crippen LogP contribution in [-0.4, -0.2) is 19.2 Å². The van der Waals surface area contributed by atoms with Crippen LogP contribution in [0.3, 0.4) is 0 Å². The van der Waals surface area contributed by atoms with Crippen molar-refractivity contribution in [3.8, 4) is 5.75 Å². The quantitative estimate of drug-likeness (QED) is 0.700. The highest BCUT2D eigenvalue weighted by molar-refractivity contribution is 5.78. The SMILES string of the molecule is CCCCC(C(=O)OC)c1cccc(OC(C)C)c1. The molecule has 3 nitrogen and oxygen atoms in total. The second-order valence-corrected chi connectivity index (χ2v) is 4.96. The number of carbonyl (C=O) groups excluding carboxylic acids is 1. The summed E-state index contributed by atoms with van der Waals surface area (Å²) in [6.07, 6.45) is 3.02. The molecule has 0 fully saturated rings. The summed E-state index contributed by atoms with van der Waals surface area (Å²) in [5.74, 6) is 0.439. The first-order valence-corrected chi connectivity index (χ1v) is 6.93. The fraction of sp³-hybridized carbons (Fsp3) is 0.562. The minimum absolute atomic E-state index is 0.127. The predicted molar refractivity (Wildman–Crippen MR) is 76.5 cm³/mol. The molecule has 0 spiro atoms. The van der Waals surface area contributed by atoms with Crippen LogP contribution in [0.4, 0.5) is 0 Å². The van der Waals surface area contributed by atoms with Gasteiger partial charge in [-0.1, -0.05) is 31.9 Å². The maximum atomic E-state index is 11.9. The average molecular weight is 264 g/mol. The van der Waals surface area contributed by atoms with E-state index in [4.69, 9.17) is 9.47 Å². The number of carbonyl (C=O) groups is 1. The molecule has 0 aliphatic heterocycles. The van der Waals surface area contributed by atoms with Crippen LogP contribution in [0, 0.1) is 0 Å². The molecular formula is C16H24O3. The van der Waals surface area contributed by atoms with E-state index in [1.54, 1.807) is 0 Å². The van der Waals surface area contributed by atoms with E-state index < -0.39 is 0 Å². The molecule has 0 bridgehead atoms. The lowest BCUT2D eigenvalue weighted by Gasteiger charge is -2.16. The first-order valence-electron chi connectivity index (χ1n) is 6.93. The second kappa shape index (κ2) is 7.82. The van der Waals surface area contributed by atoms with Crippen LogP contribution in [0.1, 0.15) is 51.5 Å². The lowest BCUT2D eigenvalue weighted by Crippen LogP contribution is -2.15. The minimum Gasteiger partial charge on any atom is -0.491 e. The van der Waals surface area contributed by atoms with Crippen molar-refractivity contribution in [1.29, 1.82) is 0 Å². The molecule has 0 saturated heterocycles. The molecule has 0 N–H and O–H groups in total. The van der Waals surface area contributed by atoms with E-state index in [0.29, 0.717) is 0 Å². The Morgan fingerprint density at radius 3 is 2.63 bits per heavy atom. The normalized spacial score (nSPS) is 12.3. The summed E-state index contributed by atoms with van der Waals surface area (Å²) < 4.78 is 10.6. The van der Waals surface area contributed by atoms with Gasteiger partial charge in [0.05, 0.1) is 19.1 Å². The molecule has 19 heavy (non-hydrogen) atoms. The van der Waals surface area contributed by atoms with Crippen molar-refractivity contribution < 1.29 is 14.3 Å². The number of methoxy groups -OCH3 is 1. The molecule has 0 aliphatic carbocycles. The van der Waals surface area contributed by atoms with E-state index in [9.17, 15) is 4.79 Å². The summed E-state index contributed by atoms with van der Waals surface area (Å²) in [6, 6.07) is 7.74. The van der Waals surface area contributed by atoms with Crippen molar-refractivity contribution in [1.82, 2.24) is 0 Å². The molecule has 1 aromatic rings. The highest BCUT2D eigenvalue weighted by atomic mass is 16.5. The smallest absolute Gasteiger partial charge is 0.313 e. The molecule has 0 radical (unpaired) electrons. The number of hydrogen-bond acceptors (Lipinski definition) is 3. The zero-order valence-electron chi connectivity index (χ0n) is 12.3. The van der Waals surface area contributed by atoms with Crippen molar-refractivity contribution >= 4 is 5.97 Å². The third-order valence-corrected chi connectivity index (χ3v) is 2.96. The standard InChI is InChI=1S/C16H24O3/c1-5-6-10-15(16(17)18-4)13-8-7-9-14(11-13)19-12(2)3/h7-9,11-12,15H,5-6,10H2,1-4H3. The zero-order valence-corrected chi connectivity index (χ0v) is 12.3. The zero-order chi connectivity index (χ0) is 14.3. The van der Waals surface area contributed by atoms with Crippen LogP contribution in [-0.2, 0) is 9.53 Å². The fourth-order valence-corrected chi connectivity index (χ4v) is 2.05. The molecule has 1 unspecified atom stereocenters. The van der Waals surface area contributed by atoms with Crippen LogP contribution in [0.15, 0.2) is 24.3 Å². The van der Waals surface area contributed by atoms with E-state index in [1.165, 1.54) is 7.11 Å². The molecule has 1 rings (SSSR count). The third-order valence-electron chi connectivity index (χ3n) is 2.96. The Balaban J connectivity index is 2.91. The van der Waals surface area contributed by atoms with E-state index in [1.807, 2.05) is 38.1 Å². The van der Waals surface area contributed by atoms with Crippen molar-refractivity contribution in [3.05, 3.63) is 29.8 Å². The van der Waals surface area contributed by atoms with Gasteiger partial charge in [-0.25, -0.2) is 0 Å². The van der Waals surface area contributed by atoms with Gasteiger partial charge in [-0.2, -0.15) is 0 Å². The van der Waals surface area contributed by atoms with Crippen molar-refractivity contribution in [2.24, 2.45) is 0 Å². The van der Waals surface area contributed by atoms with Gasteiger partial charge in [-0.3, -0.25) is 4.79 Å². The molecule has 106 valence electrons. The topological polar surface area (TPSA) is 35.5 Å². The van der Waals surface area contributed by atoms with Crippen LogP contribution in [0.25, 0.3) is 0 Å². The van der Waals surface area contributed by atoms with Gasteiger partial charge in [0.1, 0.15) is 5.75 Å². The molecule has 0 heterocycles. The molecule has 3 heteroatoms. The molecule has 1 atom stereocenters. The number of unbranched alkanes of at least 4 members (excludes halogenated alkanes) is 1. The Hall–Kier alpha value is -1.51. The number of esters is 1. The van der Waals surface area contributed by atoms with Crippen LogP contribution in [0.5, 0.6) is 5.75 Å². The van der Waals surface area contributed by atoms with Crippen LogP contribution >= 0.6 is 0 Å². The van der Waals surface area contributed by atoms with Gasteiger partial charge in [-0.05, 0) is 38.0 Å². The Kier molecular flexibility index (Phi) is 6.40. The van der Waals surface area contributed by atoms with E-state index in [-0.39, 0.29) is 18.0 Å². The lowest BCUT2D eigenvalue weighted by molar-refractivity contribution is -0.142. The molecule has 1 aromatic carbocycles. The largest absolute Gasteiger partial charge is 0.491 e. The number of ether oxygens (including phenoxy) is 2. The molecule has 0 aliphatic rings. The van der Waals surface area contributed by atoms with Gasteiger partial charge < -0.3 is 9.47 Å². The summed E-state index contributed by atoms with van der Waals surface area (Å²) >= 11 is 0. The van der Waals surface area contributed by atoms with Gasteiger partial charge in [0.15, 0.2) is 0 Å². The number of benzene rings is 1. The maximum Gasteiger partial charge on any atom is 0.313 e. The van der Waals surface area contributed by atoms with Crippen molar-refractivity contribution in [2.75, 3.05) is 7.11 Å². The summed E-state index contributed by atoms with van der Waals surface area (Å²) in [5.41, 5.74) is 0.971. The summed E-state index contributed by atoms with van der Waals surface area (Å²) in [6.45, 7) is 6.09. The van der Waals surface area contributed by atoms with Crippen LogP contribution in [0.2, 0.25) is 0 Å². The average Bonchev–Trinajstić information content (AvgIpc) is 2.38. The summed E-state index contributed by atoms with van der Waals surface area (Å²) in [4.78, 5) is 11.9. The van der Waals surface area contributed by atoms with E-state index in [2.05, 4.69) is 6.92 Å². The molecule has 0 amide bonds. The minimum atomic E-state index is -0.194. The number of hydrogen-bond donors (Lipinski definition) is 0. The predicted octanol–water partition coefficient (Wildman–Crippen LogP) is 3.92. The van der Waals surface area contributed by atoms with E-state index >= 15 is 0 Å².